The van der Waals surface area contributed by atoms with Crippen LogP contribution >= 0.6 is 0 Å². The van der Waals surface area contributed by atoms with Gasteiger partial charge in [-0.2, -0.15) is 0 Å². The molecule has 3 atom stereocenters. The van der Waals surface area contributed by atoms with Gasteiger partial charge in [0.25, 0.3) is 5.91 Å². The number of halogens is 1. The molecule has 0 spiro atoms. The van der Waals surface area contributed by atoms with Crippen molar-refractivity contribution >= 4 is 17.8 Å². The average Bonchev–Trinajstić information content (AvgIpc) is 3.07. The number of imidazole rings is 1. The number of hydrogen-bond acceptors (Lipinski definition) is 4. The van der Waals surface area contributed by atoms with E-state index in [1.807, 2.05) is 18.0 Å². The Balaban J connectivity index is 1.42. The fourth-order valence-corrected chi connectivity index (χ4v) is 5.57. The van der Waals surface area contributed by atoms with E-state index >= 15 is 0 Å². The van der Waals surface area contributed by atoms with Crippen molar-refractivity contribution in [3.63, 3.8) is 0 Å². The molecule has 0 aliphatic carbocycles. The maximum atomic E-state index is 13.3. The Hall–Kier alpha value is -2.87. The van der Waals surface area contributed by atoms with Crippen molar-refractivity contribution in [2.75, 3.05) is 24.5 Å². The first-order valence-corrected chi connectivity index (χ1v) is 11.7. The number of aromatic nitrogens is 2. The number of fused-ring (bicyclic) bond motifs is 4. The van der Waals surface area contributed by atoms with Gasteiger partial charge in [0, 0.05) is 44.3 Å². The molecule has 3 fully saturated rings. The van der Waals surface area contributed by atoms with E-state index in [0.717, 1.165) is 37.4 Å². The second-order valence-corrected chi connectivity index (χ2v) is 10.7. The number of aromatic amines is 1. The van der Waals surface area contributed by atoms with Crippen LogP contribution in [0.25, 0.3) is 6.08 Å². The Morgan fingerprint density at radius 3 is 2.45 bits per heavy atom. The van der Waals surface area contributed by atoms with E-state index in [9.17, 15) is 14.0 Å². The number of nitrogens with one attached hydrogen (secondary N) is 1. The van der Waals surface area contributed by atoms with Crippen LogP contribution in [-0.4, -0.2) is 63.1 Å². The molecular weight excluding hydrogens is 421 g/mol. The first-order valence-electron chi connectivity index (χ1n) is 11.7. The molecule has 2 aromatic rings. The van der Waals surface area contributed by atoms with Crippen molar-refractivity contribution in [1.29, 1.82) is 0 Å². The average molecular weight is 454 g/mol. The number of piperidine rings is 2. The third-order valence-corrected chi connectivity index (χ3v) is 7.04. The molecule has 1 amide bonds. The third kappa shape index (κ3) is 3.90. The van der Waals surface area contributed by atoms with Crippen LogP contribution < -0.4 is 10.6 Å². The molecule has 1 aromatic carbocycles. The highest BCUT2D eigenvalue weighted by molar-refractivity contribution is 5.94. The number of nitrogens with zero attached hydrogens (tertiary/aromatic N) is 4. The number of carbonyl (C=O) groups is 1. The van der Waals surface area contributed by atoms with Crippen LogP contribution in [0.5, 0.6) is 0 Å². The molecule has 1 N–H and O–H groups in total. The smallest absolute Gasteiger partial charge is 0.327 e. The van der Waals surface area contributed by atoms with Gasteiger partial charge in [0.2, 0.25) is 0 Å². The van der Waals surface area contributed by atoms with E-state index in [-0.39, 0.29) is 41.1 Å². The summed E-state index contributed by atoms with van der Waals surface area (Å²) in [5.41, 5.74) is 1.31. The fourth-order valence-electron chi connectivity index (χ4n) is 5.57. The largest absolute Gasteiger partial charge is 0.336 e. The summed E-state index contributed by atoms with van der Waals surface area (Å²) in [5.74, 6) is 0.563. The summed E-state index contributed by atoms with van der Waals surface area (Å²) in [5, 5.41) is 0. The molecule has 7 nitrogen and oxygen atoms in total. The van der Waals surface area contributed by atoms with E-state index in [2.05, 4.69) is 41.6 Å². The Kier molecular flexibility index (Phi) is 5.23. The first-order chi connectivity index (χ1) is 15.6. The molecule has 2 bridgehead atoms. The van der Waals surface area contributed by atoms with E-state index < -0.39 is 0 Å². The minimum atomic E-state index is -0.334. The predicted octanol–water partition coefficient (Wildman–Crippen LogP) is 3.05. The molecule has 3 unspecified atom stereocenters. The summed E-state index contributed by atoms with van der Waals surface area (Å²) in [4.78, 5) is 35.3. The highest BCUT2D eigenvalue weighted by Gasteiger charge is 2.45. The number of amides is 1. The van der Waals surface area contributed by atoms with Crippen LogP contribution in [0.3, 0.4) is 0 Å². The molecule has 6 rings (SSSR count). The zero-order valence-corrected chi connectivity index (χ0v) is 19.7. The van der Waals surface area contributed by atoms with Crippen LogP contribution in [-0.2, 0) is 7.05 Å². The minimum absolute atomic E-state index is 0.0222. The highest BCUT2D eigenvalue weighted by Crippen LogP contribution is 2.37. The quantitative estimate of drug-likeness (QED) is 0.776. The molecule has 4 aliphatic rings. The van der Waals surface area contributed by atoms with Gasteiger partial charge in [-0.25, -0.2) is 9.18 Å². The third-order valence-electron chi connectivity index (χ3n) is 7.04. The standard InChI is InChI=1S/C25H32FN5O2/c1-25(2,3)15-31-21(12-11-20-22(31)28(4)24(33)27-20)29-13-19-10-9-18(29)14-30(19)23(32)16-5-7-17(26)8-6-16/h5-8,11-12,18-19,21H,9-10,13-15H2,1-4H3,(H,27,33). The molecule has 8 heteroatoms. The number of hydrogen-bond donors (Lipinski definition) is 1. The molecule has 4 aliphatic heterocycles. The number of piperazine rings is 1. The monoisotopic (exact) mass is 453 g/mol. The van der Waals surface area contributed by atoms with Crippen LogP contribution in [0.2, 0.25) is 0 Å². The number of benzene rings is 1. The van der Waals surface area contributed by atoms with Gasteiger partial charge in [-0.3, -0.25) is 14.3 Å². The van der Waals surface area contributed by atoms with Gasteiger partial charge in [-0.05, 0) is 54.7 Å². The lowest BCUT2D eigenvalue weighted by Crippen LogP contribution is -2.68. The molecule has 176 valence electrons. The van der Waals surface area contributed by atoms with Gasteiger partial charge >= 0.3 is 5.69 Å². The molecule has 0 saturated carbocycles. The lowest BCUT2D eigenvalue weighted by Gasteiger charge is -2.56. The summed E-state index contributed by atoms with van der Waals surface area (Å²) < 4.78 is 15.0. The summed E-state index contributed by atoms with van der Waals surface area (Å²) in [6.07, 6.45) is 6.22. The Labute approximate surface area is 193 Å². The van der Waals surface area contributed by atoms with Crippen LogP contribution in [0.1, 0.15) is 49.7 Å². The SMILES string of the molecule is Cn1c2c([nH]c1=O)C=CC(N1CC3CCC1CN3C(=O)c1ccc(F)cc1)N2CC(C)(C)C. The van der Waals surface area contributed by atoms with Crippen molar-refractivity contribution in [3.05, 3.63) is 57.9 Å². The second kappa shape index (κ2) is 7.87. The molecule has 0 radical (unpaired) electrons. The molecule has 3 saturated heterocycles. The van der Waals surface area contributed by atoms with Gasteiger partial charge in [-0.15, -0.1) is 0 Å². The van der Waals surface area contributed by atoms with Crippen molar-refractivity contribution in [2.24, 2.45) is 12.5 Å². The lowest BCUT2D eigenvalue weighted by atomic mass is 9.88. The summed E-state index contributed by atoms with van der Waals surface area (Å²) in [7, 11) is 1.81. The van der Waals surface area contributed by atoms with Gasteiger partial charge in [0.15, 0.2) is 0 Å². The predicted molar refractivity (Wildman–Crippen MR) is 127 cm³/mol. The van der Waals surface area contributed by atoms with Crippen molar-refractivity contribution in [2.45, 2.75) is 51.9 Å². The van der Waals surface area contributed by atoms with Crippen molar-refractivity contribution in [3.8, 4) is 0 Å². The maximum absolute atomic E-state index is 13.3. The Morgan fingerprint density at radius 2 is 1.82 bits per heavy atom. The molecule has 33 heavy (non-hydrogen) atoms. The number of H-pyrrole nitrogens is 1. The fraction of sp³-hybridized carbons (Fsp3) is 0.520. The number of carbonyl (C=O) groups excluding carboxylic acids is 1. The summed E-state index contributed by atoms with van der Waals surface area (Å²) >= 11 is 0. The van der Waals surface area contributed by atoms with Gasteiger partial charge in [0.05, 0.1) is 5.69 Å². The second-order valence-electron chi connectivity index (χ2n) is 10.7. The molecule has 5 heterocycles. The van der Waals surface area contributed by atoms with Crippen LogP contribution in [0.15, 0.2) is 35.1 Å². The molecular formula is C25H32FN5O2. The Bertz CT molecular complexity index is 1140. The van der Waals surface area contributed by atoms with E-state index in [1.165, 1.54) is 12.1 Å². The maximum Gasteiger partial charge on any atom is 0.327 e. The number of anilines is 1. The van der Waals surface area contributed by atoms with Gasteiger partial charge in [-0.1, -0.05) is 20.8 Å². The van der Waals surface area contributed by atoms with Crippen molar-refractivity contribution in [1.82, 2.24) is 19.4 Å². The summed E-state index contributed by atoms with van der Waals surface area (Å²) in [6.45, 7) is 8.86. The van der Waals surface area contributed by atoms with Crippen LogP contribution in [0.4, 0.5) is 10.2 Å². The van der Waals surface area contributed by atoms with E-state index in [1.54, 1.807) is 16.7 Å². The highest BCUT2D eigenvalue weighted by atomic mass is 19.1. The molecule has 1 aromatic heterocycles. The van der Waals surface area contributed by atoms with Crippen LogP contribution in [0, 0.1) is 11.2 Å². The van der Waals surface area contributed by atoms with Gasteiger partial charge in [0.1, 0.15) is 17.8 Å². The van der Waals surface area contributed by atoms with Gasteiger partial charge < -0.3 is 14.8 Å². The first kappa shape index (κ1) is 21.9. The normalized spacial score (nSPS) is 24.9. The Morgan fingerprint density at radius 1 is 1.12 bits per heavy atom. The van der Waals surface area contributed by atoms with Crippen molar-refractivity contribution < 1.29 is 9.18 Å². The number of rotatable bonds is 3. The summed E-state index contributed by atoms with van der Waals surface area (Å²) in [6, 6.07) is 6.18. The van der Waals surface area contributed by atoms with E-state index in [4.69, 9.17) is 0 Å². The zero-order valence-electron chi connectivity index (χ0n) is 19.7. The van der Waals surface area contributed by atoms with E-state index in [0.29, 0.717) is 12.1 Å². The zero-order chi connectivity index (χ0) is 23.5. The lowest BCUT2D eigenvalue weighted by molar-refractivity contribution is -0.0247. The minimum Gasteiger partial charge on any atom is -0.336 e. The topological polar surface area (TPSA) is 64.6 Å².